The van der Waals surface area contributed by atoms with Crippen molar-refractivity contribution in [3.8, 4) is 11.5 Å². The summed E-state index contributed by atoms with van der Waals surface area (Å²) in [6, 6.07) is 18.5. The van der Waals surface area contributed by atoms with E-state index in [1.54, 1.807) is 54.6 Å². The van der Waals surface area contributed by atoms with Gasteiger partial charge in [-0.1, -0.05) is 46.9 Å². The Kier molecular flexibility index (Phi) is 11.6. The number of benzene rings is 3. The zero-order chi connectivity index (χ0) is 29.1. The molecule has 3 aromatic rings. The minimum atomic E-state index is -0.904. The number of likely N-dealkylation sites (N-methyl/N-ethyl adjacent to an activating group) is 1. The largest absolute Gasteiger partial charge is 0.490 e. The molecule has 3 rings (SSSR count). The highest BCUT2D eigenvalue weighted by Crippen LogP contribution is 2.32. The summed E-state index contributed by atoms with van der Waals surface area (Å²) in [7, 11) is 3.93. The number of nitrogens with two attached hydrogens (primary N) is 1. The molecule has 0 bridgehead atoms. The summed E-state index contributed by atoms with van der Waals surface area (Å²) in [5.74, 6) is 0.123. The van der Waals surface area contributed by atoms with Gasteiger partial charge in [-0.25, -0.2) is 0 Å². The zero-order valence-electron chi connectivity index (χ0n) is 22.8. The molecule has 1 unspecified atom stereocenters. The molecule has 0 aliphatic heterocycles. The minimum absolute atomic E-state index is 0.0541. The summed E-state index contributed by atoms with van der Waals surface area (Å²) in [4.78, 5) is 28.4. The molecule has 1 atom stereocenters. The average Bonchev–Trinajstić information content (AvgIpc) is 2.95. The predicted octanol–water partition coefficient (Wildman–Crippen LogP) is 3.86. The Bertz CT molecular complexity index is 1320. The second-order valence-corrected chi connectivity index (χ2v) is 9.86. The van der Waals surface area contributed by atoms with Crippen molar-refractivity contribution in [2.75, 3.05) is 39.2 Å². The summed E-state index contributed by atoms with van der Waals surface area (Å²) >= 11 is 2.19. The number of hydrazine groups is 1. The maximum atomic E-state index is 13.5. The van der Waals surface area contributed by atoms with E-state index in [2.05, 4.69) is 38.8 Å². The van der Waals surface area contributed by atoms with Crippen LogP contribution in [0.2, 0.25) is 0 Å². The molecule has 0 saturated carbocycles. The van der Waals surface area contributed by atoms with Crippen molar-refractivity contribution in [3.05, 3.63) is 89.0 Å². The summed E-state index contributed by atoms with van der Waals surface area (Å²) in [6.07, 6.45) is 0. The van der Waals surface area contributed by atoms with Crippen LogP contribution in [0.1, 0.15) is 40.0 Å². The first-order valence-corrected chi connectivity index (χ1v) is 14.2. The highest BCUT2D eigenvalue weighted by molar-refractivity contribution is 14.1. The molecule has 212 valence electrons. The van der Waals surface area contributed by atoms with E-state index < -0.39 is 17.9 Å². The third-order valence-corrected chi connectivity index (χ3v) is 6.69. The van der Waals surface area contributed by atoms with Crippen LogP contribution in [-0.2, 0) is 9.22 Å². The lowest BCUT2D eigenvalue weighted by molar-refractivity contribution is -0.122. The zero-order valence-corrected chi connectivity index (χ0v) is 24.9. The van der Waals surface area contributed by atoms with Gasteiger partial charge in [-0.05, 0) is 74.6 Å². The van der Waals surface area contributed by atoms with Gasteiger partial charge in [-0.2, -0.15) is 0 Å². The summed E-state index contributed by atoms with van der Waals surface area (Å²) in [5, 5.41) is 10.8. The van der Waals surface area contributed by atoms with E-state index >= 15 is 0 Å². The van der Waals surface area contributed by atoms with Gasteiger partial charge < -0.3 is 25.4 Å². The number of carbonyl (C=O) groups excluding carboxylic acids is 2. The smallest absolute Gasteiger partial charge is 0.269 e. The number of ether oxygens (including phenoxy) is 2. The lowest BCUT2D eigenvalue weighted by atomic mass is 10.0. The second kappa shape index (κ2) is 15.1. The Morgan fingerprint density at radius 3 is 2.38 bits per heavy atom. The molecular weight excluding hydrogens is 623 g/mol. The van der Waals surface area contributed by atoms with E-state index in [1.807, 2.05) is 38.1 Å². The fraction of sp³-hybridized carbons (Fsp3) is 0.276. The third-order valence-electron chi connectivity index (χ3n) is 5.87. The van der Waals surface area contributed by atoms with Crippen LogP contribution in [0.4, 0.5) is 5.69 Å². The van der Waals surface area contributed by atoms with Gasteiger partial charge in [-0.15, -0.1) is 0 Å². The Hall–Kier alpha value is -3.84. The summed E-state index contributed by atoms with van der Waals surface area (Å²) < 4.78 is 12.4. The van der Waals surface area contributed by atoms with Gasteiger partial charge in [0.05, 0.1) is 6.61 Å². The molecular formula is C29H35IN6O4. The number of amides is 2. The first kappa shape index (κ1) is 30.7. The van der Waals surface area contributed by atoms with Crippen LogP contribution in [0.15, 0.2) is 66.7 Å². The van der Waals surface area contributed by atoms with Crippen molar-refractivity contribution in [1.29, 1.82) is 5.41 Å². The maximum absolute atomic E-state index is 13.5. The van der Waals surface area contributed by atoms with Crippen molar-refractivity contribution in [3.63, 3.8) is 0 Å². The Morgan fingerprint density at radius 2 is 1.73 bits per heavy atom. The molecule has 0 aliphatic rings. The van der Waals surface area contributed by atoms with Crippen molar-refractivity contribution < 1.29 is 19.1 Å². The van der Waals surface area contributed by atoms with Gasteiger partial charge in [0, 0.05) is 27.8 Å². The molecule has 0 aromatic heterocycles. The number of carbonyl (C=O) groups is 2. The normalized spacial score (nSPS) is 11.4. The molecule has 40 heavy (non-hydrogen) atoms. The molecule has 0 fully saturated rings. The van der Waals surface area contributed by atoms with Crippen molar-refractivity contribution in [1.82, 2.24) is 15.8 Å². The minimum Gasteiger partial charge on any atom is -0.490 e. The predicted molar refractivity (Wildman–Crippen MR) is 165 cm³/mol. The first-order chi connectivity index (χ1) is 19.2. The van der Waals surface area contributed by atoms with Crippen LogP contribution >= 0.6 is 22.6 Å². The van der Waals surface area contributed by atoms with Gasteiger partial charge in [0.2, 0.25) is 0 Å². The number of rotatable bonds is 13. The van der Waals surface area contributed by atoms with E-state index in [9.17, 15) is 9.59 Å². The highest BCUT2D eigenvalue weighted by atomic mass is 127. The Balaban J connectivity index is 1.87. The molecule has 0 radical (unpaired) electrons. The molecule has 2 amide bonds. The maximum Gasteiger partial charge on any atom is 0.269 e. The van der Waals surface area contributed by atoms with Crippen molar-refractivity contribution >= 4 is 45.9 Å². The van der Waals surface area contributed by atoms with E-state index in [0.717, 1.165) is 12.1 Å². The van der Waals surface area contributed by atoms with Gasteiger partial charge in [-0.3, -0.25) is 25.8 Å². The topological polar surface area (TPSA) is 142 Å². The number of nitrogen functional groups attached to an aromatic ring is 1. The monoisotopic (exact) mass is 658 g/mol. The van der Waals surface area contributed by atoms with E-state index in [4.69, 9.17) is 20.6 Å². The lowest BCUT2D eigenvalue weighted by Gasteiger charge is -2.22. The van der Waals surface area contributed by atoms with E-state index in [0.29, 0.717) is 51.5 Å². The van der Waals surface area contributed by atoms with Crippen molar-refractivity contribution in [2.24, 2.45) is 5.73 Å². The lowest BCUT2D eigenvalue weighted by Crippen LogP contribution is -2.45. The third kappa shape index (κ3) is 8.58. The van der Waals surface area contributed by atoms with E-state index in [-0.39, 0.29) is 5.84 Å². The fourth-order valence-corrected chi connectivity index (χ4v) is 4.42. The van der Waals surface area contributed by atoms with Crippen LogP contribution in [0, 0.1) is 5.41 Å². The number of amidine groups is 1. The molecule has 10 nitrogen and oxygen atoms in total. The van der Waals surface area contributed by atoms with Crippen LogP contribution in [0.5, 0.6) is 11.5 Å². The number of alkyl halides is 1. The fourth-order valence-electron chi connectivity index (χ4n) is 3.76. The number of hydrogen-bond donors (Lipinski definition) is 5. The first-order valence-electron chi connectivity index (χ1n) is 12.7. The molecule has 0 saturated heterocycles. The number of hydrogen-bond acceptors (Lipinski definition) is 7. The van der Waals surface area contributed by atoms with Gasteiger partial charge in [0.15, 0.2) is 11.5 Å². The molecule has 0 heterocycles. The van der Waals surface area contributed by atoms with Gasteiger partial charge in [0.25, 0.3) is 11.8 Å². The summed E-state index contributed by atoms with van der Waals surface area (Å²) in [6.45, 7) is 3.49. The summed E-state index contributed by atoms with van der Waals surface area (Å²) in [5.41, 5.74) is 13.8. The molecule has 0 spiro atoms. The average molecular weight is 659 g/mol. The quantitative estimate of drug-likeness (QED) is 0.0618. The Morgan fingerprint density at radius 1 is 1.00 bits per heavy atom. The second-order valence-electron chi connectivity index (χ2n) is 9.09. The van der Waals surface area contributed by atoms with Crippen LogP contribution < -0.4 is 31.4 Å². The highest BCUT2D eigenvalue weighted by Gasteiger charge is 2.24. The van der Waals surface area contributed by atoms with Crippen molar-refractivity contribution in [2.45, 2.75) is 17.4 Å². The Labute approximate surface area is 248 Å². The molecule has 3 aromatic carbocycles. The van der Waals surface area contributed by atoms with Crippen LogP contribution in [0.25, 0.3) is 0 Å². The van der Waals surface area contributed by atoms with E-state index in [1.165, 1.54) is 0 Å². The van der Waals surface area contributed by atoms with Gasteiger partial charge >= 0.3 is 0 Å². The number of anilines is 1. The molecule has 6 N–H and O–H groups in total. The standard InChI is InChI=1S/C29H35IN6O4/c1-4-39-25-17-20(11-14-24(25)40-16-15-36(2)3)26(33-22-12-9-19(10-13-22)27(31)32)29(38)35-34-28(37)23-8-6-5-7-21(23)18-30/h5-14,17,26,33H,4,15-16,18H2,1-3H3,(H3,31,32)(H,34,37)(H,35,38). The van der Waals surface area contributed by atoms with Gasteiger partial charge in [0.1, 0.15) is 18.5 Å². The van der Waals surface area contributed by atoms with Crippen LogP contribution in [-0.4, -0.2) is 56.4 Å². The number of nitrogens with zero attached hydrogens (tertiary/aromatic N) is 1. The number of nitrogens with one attached hydrogen (secondary N) is 4. The van der Waals surface area contributed by atoms with Crippen LogP contribution in [0.3, 0.4) is 0 Å². The molecule has 0 aliphatic carbocycles. The number of halogens is 1. The SMILES string of the molecule is CCOc1cc(C(Nc2ccc(C(=N)N)cc2)C(=O)NNC(=O)c2ccccc2CI)ccc1OCCN(C)C. The molecule has 11 heteroatoms.